The summed E-state index contributed by atoms with van der Waals surface area (Å²) in [6, 6.07) is 5.11. The zero-order valence-corrected chi connectivity index (χ0v) is 13.9. The molecule has 0 amide bonds. The lowest BCUT2D eigenvalue weighted by Gasteiger charge is -2.12. The summed E-state index contributed by atoms with van der Waals surface area (Å²) in [4.78, 5) is 0. The van der Waals surface area contributed by atoms with E-state index >= 15 is 0 Å². The number of hydrogen-bond acceptors (Lipinski definition) is 4. The third-order valence-corrected chi connectivity index (χ3v) is 4.68. The van der Waals surface area contributed by atoms with Crippen molar-refractivity contribution in [1.82, 2.24) is 15.5 Å². The molecule has 1 N–H and O–H groups in total. The van der Waals surface area contributed by atoms with Crippen molar-refractivity contribution in [2.24, 2.45) is 0 Å². The van der Waals surface area contributed by atoms with Gasteiger partial charge in [0.15, 0.2) is 5.01 Å². The van der Waals surface area contributed by atoms with Crippen LogP contribution in [0.4, 0.5) is 4.39 Å². The highest BCUT2D eigenvalue weighted by molar-refractivity contribution is 9.10. The van der Waals surface area contributed by atoms with Gasteiger partial charge in [-0.25, -0.2) is 4.39 Å². The van der Waals surface area contributed by atoms with Crippen molar-refractivity contribution in [1.29, 1.82) is 0 Å². The summed E-state index contributed by atoms with van der Waals surface area (Å²) in [6.45, 7) is 5.17. The standard InChI is InChI=1S/C14H17BrFN3S/c1-3-8-17-11(4-2)13-18-19-14(20-13)12-9(15)6-5-7-10(12)16/h5-7,11,17H,3-4,8H2,1-2H3. The molecule has 0 saturated carbocycles. The van der Waals surface area contributed by atoms with Crippen LogP contribution in [0.2, 0.25) is 0 Å². The van der Waals surface area contributed by atoms with E-state index in [1.165, 1.54) is 17.4 Å². The summed E-state index contributed by atoms with van der Waals surface area (Å²) in [5.41, 5.74) is 0.488. The fourth-order valence-electron chi connectivity index (χ4n) is 1.90. The summed E-state index contributed by atoms with van der Waals surface area (Å²) < 4.78 is 14.6. The van der Waals surface area contributed by atoms with Crippen molar-refractivity contribution in [3.63, 3.8) is 0 Å². The van der Waals surface area contributed by atoms with Crippen LogP contribution in [0.5, 0.6) is 0 Å². The van der Waals surface area contributed by atoms with Crippen molar-refractivity contribution in [2.45, 2.75) is 32.7 Å². The monoisotopic (exact) mass is 357 g/mol. The van der Waals surface area contributed by atoms with Gasteiger partial charge in [-0.2, -0.15) is 0 Å². The predicted octanol–water partition coefficient (Wildman–Crippen LogP) is 4.56. The largest absolute Gasteiger partial charge is 0.308 e. The average Bonchev–Trinajstić information content (AvgIpc) is 2.89. The van der Waals surface area contributed by atoms with E-state index in [9.17, 15) is 4.39 Å². The number of hydrogen-bond donors (Lipinski definition) is 1. The first-order chi connectivity index (χ1) is 9.67. The Morgan fingerprint density at radius 1 is 1.35 bits per heavy atom. The highest BCUT2D eigenvalue weighted by Gasteiger charge is 2.18. The predicted molar refractivity (Wildman–Crippen MR) is 84.3 cm³/mol. The van der Waals surface area contributed by atoms with Crippen molar-refractivity contribution >= 4 is 27.3 Å². The molecule has 0 saturated heterocycles. The Kier molecular flexibility index (Phi) is 5.63. The molecule has 20 heavy (non-hydrogen) atoms. The number of nitrogens with zero attached hydrogens (tertiary/aromatic N) is 2. The van der Waals surface area contributed by atoms with E-state index in [0.717, 1.165) is 24.4 Å². The molecule has 108 valence electrons. The van der Waals surface area contributed by atoms with Gasteiger partial charge in [0.1, 0.15) is 10.8 Å². The topological polar surface area (TPSA) is 37.8 Å². The van der Waals surface area contributed by atoms with Gasteiger partial charge in [0.05, 0.1) is 11.6 Å². The molecule has 1 heterocycles. The second-order valence-electron chi connectivity index (χ2n) is 4.46. The average molecular weight is 358 g/mol. The summed E-state index contributed by atoms with van der Waals surface area (Å²) >= 11 is 4.82. The molecule has 0 aliphatic heterocycles. The van der Waals surface area contributed by atoms with E-state index in [4.69, 9.17) is 0 Å². The zero-order chi connectivity index (χ0) is 14.5. The Bertz CT molecular complexity index is 553. The van der Waals surface area contributed by atoms with Gasteiger partial charge in [0, 0.05) is 4.47 Å². The molecule has 1 unspecified atom stereocenters. The summed E-state index contributed by atoms with van der Waals surface area (Å²) in [5.74, 6) is -0.281. The van der Waals surface area contributed by atoms with Crippen molar-refractivity contribution in [3.05, 3.63) is 33.5 Å². The van der Waals surface area contributed by atoms with Gasteiger partial charge in [0.25, 0.3) is 0 Å². The van der Waals surface area contributed by atoms with Crippen LogP contribution in [0.1, 0.15) is 37.7 Å². The molecule has 0 spiro atoms. The maximum absolute atomic E-state index is 13.9. The second kappa shape index (κ2) is 7.24. The first kappa shape index (κ1) is 15.5. The highest BCUT2D eigenvalue weighted by Crippen LogP contribution is 2.34. The van der Waals surface area contributed by atoms with Gasteiger partial charge in [0.2, 0.25) is 0 Å². The first-order valence-electron chi connectivity index (χ1n) is 6.68. The lowest BCUT2D eigenvalue weighted by Crippen LogP contribution is -2.21. The molecule has 1 aromatic carbocycles. The Hall–Kier alpha value is -0.850. The molecule has 0 bridgehead atoms. The molecular formula is C14H17BrFN3S. The minimum atomic E-state index is -0.281. The molecule has 6 heteroatoms. The summed E-state index contributed by atoms with van der Waals surface area (Å²) in [6.07, 6.45) is 2.01. The Labute approximate surface area is 130 Å². The van der Waals surface area contributed by atoms with E-state index in [1.807, 2.05) is 6.07 Å². The van der Waals surface area contributed by atoms with Gasteiger partial charge in [-0.05, 0) is 47.4 Å². The number of nitrogens with one attached hydrogen (secondary N) is 1. The van der Waals surface area contributed by atoms with Gasteiger partial charge < -0.3 is 5.32 Å². The van der Waals surface area contributed by atoms with Crippen LogP contribution in [0.25, 0.3) is 10.6 Å². The van der Waals surface area contributed by atoms with Gasteiger partial charge >= 0.3 is 0 Å². The van der Waals surface area contributed by atoms with Crippen molar-refractivity contribution in [2.75, 3.05) is 6.54 Å². The van der Waals surface area contributed by atoms with Crippen molar-refractivity contribution in [3.8, 4) is 10.6 Å². The van der Waals surface area contributed by atoms with Gasteiger partial charge in [-0.1, -0.05) is 31.3 Å². The Morgan fingerprint density at radius 2 is 2.15 bits per heavy atom. The van der Waals surface area contributed by atoms with Crippen LogP contribution in [0, 0.1) is 5.82 Å². The molecule has 1 aromatic heterocycles. The number of benzene rings is 1. The van der Waals surface area contributed by atoms with E-state index in [1.54, 1.807) is 6.07 Å². The van der Waals surface area contributed by atoms with E-state index in [0.29, 0.717) is 15.0 Å². The molecule has 0 aliphatic rings. The molecule has 2 rings (SSSR count). The van der Waals surface area contributed by atoms with Crippen LogP contribution >= 0.6 is 27.3 Å². The smallest absolute Gasteiger partial charge is 0.151 e. The lowest BCUT2D eigenvalue weighted by atomic mass is 10.2. The normalized spacial score (nSPS) is 12.6. The summed E-state index contributed by atoms with van der Waals surface area (Å²) in [5, 5.41) is 13.3. The molecule has 0 radical (unpaired) electrons. The number of aromatic nitrogens is 2. The first-order valence-corrected chi connectivity index (χ1v) is 8.29. The third kappa shape index (κ3) is 3.42. The third-order valence-electron chi connectivity index (χ3n) is 2.96. The van der Waals surface area contributed by atoms with Gasteiger partial charge in [-0.3, -0.25) is 0 Å². The van der Waals surface area contributed by atoms with E-state index in [-0.39, 0.29) is 11.9 Å². The summed E-state index contributed by atoms with van der Waals surface area (Å²) in [7, 11) is 0. The van der Waals surface area contributed by atoms with Crippen LogP contribution in [0.3, 0.4) is 0 Å². The quantitative estimate of drug-likeness (QED) is 0.823. The van der Waals surface area contributed by atoms with Crippen molar-refractivity contribution < 1.29 is 4.39 Å². The Balaban J connectivity index is 2.28. The molecule has 3 nitrogen and oxygen atoms in total. The highest BCUT2D eigenvalue weighted by atomic mass is 79.9. The molecule has 1 atom stereocenters. The lowest BCUT2D eigenvalue weighted by molar-refractivity contribution is 0.513. The maximum atomic E-state index is 13.9. The Morgan fingerprint density at radius 3 is 2.80 bits per heavy atom. The second-order valence-corrected chi connectivity index (χ2v) is 6.32. The van der Waals surface area contributed by atoms with Gasteiger partial charge in [-0.15, -0.1) is 10.2 Å². The number of rotatable bonds is 6. The van der Waals surface area contributed by atoms with Crippen LogP contribution in [-0.4, -0.2) is 16.7 Å². The fraction of sp³-hybridized carbons (Fsp3) is 0.429. The van der Waals surface area contributed by atoms with E-state index < -0.39 is 0 Å². The number of halogens is 2. The van der Waals surface area contributed by atoms with Crippen LogP contribution in [-0.2, 0) is 0 Å². The molecule has 0 aliphatic carbocycles. The SMILES string of the molecule is CCCNC(CC)c1nnc(-c2c(F)cccc2Br)s1. The molecule has 0 fully saturated rings. The maximum Gasteiger partial charge on any atom is 0.151 e. The fourth-order valence-corrected chi connectivity index (χ4v) is 3.63. The van der Waals surface area contributed by atoms with E-state index in [2.05, 4.69) is 45.3 Å². The molecule has 2 aromatic rings. The minimum absolute atomic E-state index is 0.187. The zero-order valence-electron chi connectivity index (χ0n) is 11.5. The minimum Gasteiger partial charge on any atom is -0.308 e. The van der Waals surface area contributed by atoms with Crippen LogP contribution in [0.15, 0.2) is 22.7 Å². The van der Waals surface area contributed by atoms with Crippen LogP contribution < -0.4 is 5.32 Å². The molecular weight excluding hydrogens is 341 g/mol.